The highest BCUT2D eigenvalue weighted by molar-refractivity contribution is 7.98. The molecule has 1 aromatic carbocycles. The van der Waals surface area contributed by atoms with Crippen LogP contribution < -0.4 is 5.32 Å². The van der Waals surface area contributed by atoms with Crippen molar-refractivity contribution < 1.29 is 4.79 Å². The van der Waals surface area contributed by atoms with Crippen molar-refractivity contribution in [3.63, 3.8) is 0 Å². The van der Waals surface area contributed by atoms with E-state index in [2.05, 4.69) is 53.0 Å². The summed E-state index contributed by atoms with van der Waals surface area (Å²) < 4.78 is 0. The van der Waals surface area contributed by atoms with Crippen molar-refractivity contribution in [1.82, 2.24) is 10.3 Å². The molecule has 1 N–H and O–H groups in total. The Bertz CT molecular complexity index is 648. The van der Waals surface area contributed by atoms with Gasteiger partial charge in [0.1, 0.15) is 0 Å². The van der Waals surface area contributed by atoms with E-state index in [1.807, 2.05) is 6.20 Å². The molecule has 1 saturated carbocycles. The molecule has 1 aliphatic rings. The average Bonchev–Trinajstić information content (AvgIpc) is 3.44. The third kappa shape index (κ3) is 4.83. The molecule has 0 aliphatic heterocycles. The highest BCUT2D eigenvalue weighted by Crippen LogP contribution is 2.38. The van der Waals surface area contributed by atoms with Gasteiger partial charge in [0.25, 0.3) is 0 Å². The molecule has 0 saturated heterocycles. The molecule has 1 aliphatic carbocycles. The molecule has 0 bridgehead atoms. The molecule has 120 valence electrons. The maximum Gasteiger partial charge on any atom is 0.220 e. The second kappa shape index (κ2) is 7.64. The molecular formula is C19H22N2OS. The van der Waals surface area contributed by atoms with E-state index in [4.69, 9.17) is 0 Å². The molecule has 3 rings (SSSR count). The number of pyridine rings is 1. The van der Waals surface area contributed by atoms with E-state index in [1.165, 1.54) is 29.0 Å². The highest BCUT2D eigenvalue weighted by atomic mass is 32.2. The molecule has 1 fully saturated rings. The van der Waals surface area contributed by atoms with Crippen LogP contribution in [0.15, 0.2) is 47.5 Å². The van der Waals surface area contributed by atoms with Crippen LogP contribution in [0.3, 0.4) is 0 Å². The first-order valence-corrected chi connectivity index (χ1v) is 9.31. The monoisotopic (exact) mass is 326 g/mol. The predicted molar refractivity (Wildman–Crippen MR) is 94.6 cm³/mol. The van der Waals surface area contributed by atoms with Crippen molar-refractivity contribution in [2.75, 3.05) is 6.26 Å². The number of benzene rings is 1. The van der Waals surface area contributed by atoms with Crippen LogP contribution in [0.2, 0.25) is 0 Å². The van der Waals surface area contributed by atoms with Gasteiger partial charge in [0.15, 0.2) is 0 Å². The smallest absolute Gasteiger partial charge is 0.220 e. The van der Waals surface area contributed by atoms with Crippen LogP contribution in [-0.2, 0) is 17.8 Å². The van der Waals surface area contributed by atoms with E-state index in [0.29, 0.717) is 18.9 Å². The fourth-order valence-corrected chi connectivity index (χ4v) is 2.91. The maximum atomic E-state index is 12.0. The van der Waals surface area contributed by atoms with Crippen molar-refractivity contribution in [3.8, 4) is 0 Å². The lowest BCUT2D eigenvalue weighted by Crippen LogP contribution is -2.23. The molecule has 4 heteroatoms. The van der Waals surface area contributed by atoms with Gasteiger partial charge in [0.05, 0.1) is 0 Å². The number of aryl methyl sites for hydroxylation is 1. The van der Waals surface area contributed by atoms with Gasteiger partial charge in [-0.25, -0.2) is 0 Å². The summed E-state index contributed by atoms with van der Waals surface area (Å²) >= 11 is 1.73. The number of carbonyl (C=O) groups excluding carboxylic acids is 1. The lowest BCUT2D eigenvalue weighted by atomic mass is 10.1. The average molecular weight is 326 g/mol. The van der Waals surface area contributed by atoms with Crippen molar-refractivity contribution in [1.29, 1.82) is 0 Å². The Hall–Kier alpha value is -1.81. The Morgan fingerprint density at radius 3 is 2.52 bits per heavy atom. The lowest BCUT2D eigenvalue weighted by molar-refractivity contribution is -0.121. The largest absolute Gasteiger partial charge is 0.352 e. The summed E-state index contributed by atoms with van der Waals surface area (Å²) in [7, 11) is 0. The topological polar surface area (TPSA) is 42.0 Å². The molecule has 2 aromatic rings. The molecule has 1 amide bonds. The van der Waals surface area contributed by atoms with Crippen molar-refractivity contribution >= 4 is 17.7 Å². The quantitative estimate of drug-likeness (QED) is 0.784. The Labute approximate surface area is 141 Å². The Morgan fingerprint density at radius 2 is 1.91 bits per heavy atom. The molecule has 0 spiro atoms. The Morgan fingerprint density at radius 1 is 1.17 bits per heavy atom. The molecule has 1 aromatic heterocycles. The molecule has 23 heavy (non-hydrogen) atoms. The summed E-state index contributed by atoms with van der Waals surface area (Å²) in [5, 5.41) is 2.97. The molecule has 3 nitrogen and oxygen atoms in total. The first kappa shape index (κ1) is 16.1. The van der Waals surface area contributed by atoms with E-state index in [-0.39, 0.29) is 5.91 Å². The van der Waals surface area contributed by atoms with Gasteiger partial charge >= 0.3 is 0 Å². The van der Waals surface area contributed by atoms with Crippen LogP contribution in [0, 0.1) is 0 Å². The fraction of sp³-hybridized carbons (Fsp3) is 0.368. The van der Waals surface area contributed by atoms with Crippen LogP contribution in [0.1, 0.15) is 42.0 Å². The number of amides is 1. The van der Waals surface area contributed by atoms with Crippen molar-refractivity contribution in [3.05, 3.63) is 59.4 Å². The molecule has 0 atom stereocenters. The van der Waals surface area contributed by atoms with Crippen LogP contribution >= 0.6 is 11.8 Å². The minimum atomic E-state index is 0.0882. The summed E-state index contributed by atoms with van der Waals surface area (Å²) in [6, 6.07) is 12.6. The Kier molecular flexibility index (Phi) is 5.34. The third-order valence-electron chi connectivity index (χ3n) is 4.13. The SMILES string of the molecule is CSc1ccc(CCC(=O)NCc2ccc(C3CC3)nc2)cc1. The number of hydrogen-bond donors (Lipinski definition) is 1. The minimum Gasteiger partial charge on any atom is -0.352 e. The summed E-state index contributed by atoms with van der Waals surface area (Å²) in [5.41, 5.74) is 3.45. The number of nitrogens with one attached hydrogen (secondary N) is 1. The van der Waals surface area contributed by atoms with Crippen LogP contribution in [0.4, 0.5) is 0 Å². The number of thioether (sulfide) groups is 1. The fourth-order valence-electron chi connectivity index (χ4n) is 2.50. The maximum absolute atomic E-state index is 12.0. The van der Waals surface area contributed by atoms with Gasteiger partial charge in [-0.2, -0.15) is 0 Å². The van der Waals surface area contributed by atoms with Gasteiger partial charge in [-0.3, -0.25) is 9.78 Å². The standard InChI is InChI=1S/C19H22N2OS/c1-23-17-8-2-14(3-9-17)5-11-19(22)21-13-15-4-10-18(20-12-15)16-6-7-16/h2-4,8-10,12,16H,5-7,11,13H2,1H3,(H,21,22). The van der Waals surface area contributed by atoms with E-state index < -0.39 is 0 Å². The first-order valence-electron chi connectivity index (χ1n) is 8.09. The van der Waals surface area contributed by atoms with E-state index in [1.54, 1.807) is 11.8 Å². The minimum absolute atomic E-state index is 0.0882. The van der Waals surface area contributed by atoms with E-state index in [0.717, 1.165) is 12.0 Å². The van der Waals surface area contributed by atoms with Crippen LogP contribution in [0.25, 0.3) is 0 Å². The van der Waals surface area contributed by atoms with Gasteiger partial charge in [0, 0.05) is 35.7 Å². The van der Waals surface area contributed by atoms with Crippen LogP contribution in [-0.4, -0.2) is 17.1 Å². The van der Waals surface area contributed by atoms with Crippen LogP contribution in [0.5, 0.6) is 0 Å². The number of rotatable bonds is 7. The number of aromatic nitrogens is 1. The molecule has 1 heterocycles. The first-order chi connectivity index (χ1) is 11.2. The zero-order chi connectivity index (χ0) is 16.1. The number of nitrogens with zero attached hydrogens (tertiary/aromatic N) is 1. The summed E-state index contributed by atoms with van der Waals surface area (Å²) in [6.07, 6.45) is 7.77. The van der Waals surface area contributed by atoms with Gasteiger partial charge in [-0.1, -0.05) is 18.2 Å². The number of carbonyl (C=O) groups is 1. The molecule has 0 unspecified atom stereocenters. The molecular weight excluding hydrogens is 304 g/mol. The normalized spacial score (nSPS) is 13.8. The van der Waals surface area contributed by atoms with Gasteiger partial charge in [-0.05, 0) is 54.8 Å². The van der Waals surface area contributed by atoms with Gasteiger partial charge < -0.3 is 5.32 Å². The summed E-state index contributed by atoms with van der Waals surface area (Å²) in [4.78, 5) is 17.7. The van der Waals surface area contributed by atoms with Crippen molar-refractivity contribution in [2.24, 2.45) is 0 Å². The Balaban J connectivity index is 1.41. The lowest BCUT2D eigenvalue weighted by Gasteiger charge is -2.06. The zero-order valence-corrected chi connectivity index (χ0v) is 14.2. The number of hydrogen-bond acceptors (Lipinski definition) is 3. The predicted octanol–water partition coefficient (Wildman–Crippen LogP) is 3.93. The summed E-state index contributed by atoms with van der Waals surface area (Å²) in [6.45, 7) is 0.558. The second-order valence-corrected chi connectivity index (χ2v) is 6.87. The highest BCUT2D eigenvalue weighted by Gasteiger charge is 2.24. The molecule has 0 radical (unpaired) electrons. The van der Waals surface area contributed by atoms with Crippen molar-refractivity contribution in [2.45, 2.75) is 43.0 Å². The summed E-state index contributed by atoms with van der Waals surface area (Å²) in [5.74, 6) is 0.765. The van der Waals surface area contributed by atoms with E-state index in [9.17, 15) is 4.79 Å². The zero-order valence-electron chi connectivity index (χ0n) is 13.4. The third-order valence-corrected chi connectivity index (χ3v) is 4.88. The van der Waals surface area contributed by atoms with Gasteiger partial charge in [-0.15, -0.1) is 11.8 Å². The van der Waals surface area contributed by atoms with Gasteiger partial charge in [0.2, 0.25) is 5.91 Å². The van der Waals surface area contributed by atoms with E-state index >= 15 is 0 Å². The second-order valence-electron chi connectivity index (χ2n) is 5.99.